The van der Waals surface area contributed by atoms with Crippen molar-refractivity contribution in [1.29, 1.82) is 0 Å². The summed E-state index contributed by atoms with van der Waals surface area (Å²) in [4.78, 5) is 11.8. The highest BCUT2D eigenvalue weighted by atomic mass is 35.5. The van der Waals surface area contributed by atoms with Crippen molar-refractivity contribution in [2.24, 2.45) is 0 Å². The molecule has 0 aliphatic rings. The van der Waals surface area contributed by atoms with Gasteiger partial charge >= 0.3 is 10.2 Å². The van der Waals surface area contributed by atoms with Gasteiger partial charge in [-0.05, 0) is 29.3 Å². The highest BCUT2D eigenvalue weighted by Gasteiger charge is 2.19. The van der Waals surface area contributed by atoms with Gasteiger partial charge in [-0.25, -0.2) is 4.72 Å². The highest BCUT2D eigenvalue weighted by molar-refractivity contribution is 7.87. The number of carbonyl (C=O) groups excluding carboxylic acids is 1. The zero-order valence-corrected chi connectivity index (χ0v) is 14.6. The number of benzene rings is 2. The van der Waals surface area contributed by atoms with Gasteiger partial charge in [0.05, 0.1) is 0 Å². The van der Waals surface area contributed by atoms with E-state index in [9.17, 15) is 13.2 Å². The second kappa shape index (κ2) is 8.10. The van der Waals surface area contributed by atoms with Gasteiger partial charge in [-0.15, -0.1) is 0 Å². The molecule has 0 aromatic heterocycles. The van der Waals surface area contributed by atoms with Crippen LogP contribution in [0.15, 0.2) is 60.7 Å². The molecule has 2 aromatic carbocycles. The highest BCUT2D eigenvalue weighted by Crippen LogP contribution is 2.12. The van der Waals surface area contributed by atoms with Crippen molar-refractivity contribution in [3.8, 4) is 0 Å². The minimum Gasteiger partial charge on any atom is -0.269 e. The Labute approximate surface area is 146 Å². The smallest absolute Gasteiger partial charge is 0.269 e. The van der Waals surface area contributed by atoms with E-state index in [1.165, 1.54) is 13.1 Å². The van der Waals surface area contributed by atoms with Crippen molar-refractivity contribution >= 4 is 33.8 Å². The molecule has 0 fully saturated rings. The van der Waals surface area contributed by atoms with Gasteiger partial charge in [0, 0.05) is 24.7 Å². The predicted molar refractivity (Wildman–Crippen MR) is 95.5 cm³/mol. The molecule has 0 saturated heterocycles. The average molecular weight is 365 g/mol. The number of nitrogens with zero attached hydrogens (tertiary/aromatic N) is 1. The molecular formula is C17H17ClN2O3S. The lowest BCUT2D eigenvalue weighted by atomic mass is 10.2. The van der Waals surface area contributed by atoms with E-state index in [1.807, 2.05) is 35.1 Å². The molecule has 7 heteroatoms. The van der Waals surface area contributed by atoms with E-state index in [1.54, 1.807) is 24.3 Å². The van der Waals surface area contributed by atoms with Crippen LogP contribution in [0.2, 0.25) is 5.02 Å². The summed E-state index contributed by atoms with van der Waals surface area (Å²) in [5.74, 6) is -0.727. The van der Waals surface area contributed by atoms with Crippen molar-refractivity contribution < 1.29 is 13.2 Å². The van der Waals surface area contributed by atoms with Crippen LogP contribution in [-0.4, -0.2) is 25.7 Å². The largest absolute Gasteiger partial charge is 0.304 e. The number of rotatable bonds is 6. The van der Waals surface area contributed by atoms with Crippen molar-refractivity contribution in [3.05, 3.63) is 76.8 Å². The van der Waals surface area contributed by atoms with Crippen LogP contribution in [0.3, 0.4) is 0 Å². The maximum atomic E-state index is 12.1. The normalized spacial score (nSPS) is 11.8. The van der Waals surface area contributed by atoms with E-state index < -0.39 is 16.1 Å². The molecular weight excluding hydrogens is 348 g/mol. The molecule has 24 heavy (non-hydrogen) atoms. The first-order chi connectivity index (χ1) is 11.4. The third kappa shape index (κ3) is 5.49. The third-order valence-electron chi connectivity index (χ3n) is 3.16. The van der Waals surface area contributed by atoms with Gasteiger partial charge in [-0.1, -0.05) is 54.1 Å². The Morgan fingerprint density at radius 2 is 1.88 bits per heavy atom. The van der Waals surface area contributed by atoms with Crippen molar-refractivity contribution in [1.82, 2.24) is 9.03 Å². The van der Waals surface area contributed by atoms with Crippen LogP contribution < -0.4 is 4.72 Å². The Kier molecular flexibility index (Phi) is 6.14. The predicted octanol–water partition coefficient (Wildman–Crippen LogP) is 2.85. The van der Waals surface area contributed by atoms with Crippen LogP contribution in [0.5, 0.6) is 0 Å². The first kappa shape index (κ1) is 18.2. The molecule has 0 unspecified atom stereocenters. The Hall–Kier alpha value is -2.15. The molecule has 1 N–H and O–H groups in total. The first-order valence-electron chi connectivity index (χ1n) is 7.12. The molecule has 0 heterocycles. The van der Waals surface area contributed by atoms with E-state index in [2.05, 4.69) is 0 Å². The van der Waals surface area contributed by atoms with Crippen LogP contribution in [0.4, 0.5) is 0 Å². The van der Waals surface area contributed by atoms with E-state index in [4.69, 9.17) is 11.6 Å². The molecule has 0 aliphatic heterocycles. The molecule has 0 radical (unpaired) electrons. The van der Waals surface area contributed by atoms with Gasteiger partial charge in [-0.2, -0.15) is 12.7 Å². The van der Waals surface area contributed by atoms with E-state index in [-0.39, 0.29) is 6.54 Å². The summed E-state index contributed by atoms with van der Waals surface area (Å²) in [6, 6.07) is 16.0. The standard InChI is InChI=1S/C17H17ClN2O3S/c1-20(13-15-6-3-2-4-7-15)24(22,23)19-17(21)11-10-14-8-5-9-16(18)12-14/h2-12H,13H2,1H3,(H,19,21)/b11-10-. The van der Waals surface area contributed by atoms with Crippen LogP contribution in [0.1, 0.15) is 11.1 Å². The Balaban J connectivity index is 1.98. The molecule has 1 amide bonds. The topological polar surface area (TPSA) is 66.5 Å². The first-order valence-corrected chi connectivity index (χ1v) is 8.94. The zero-order valence-electron chi connectivity index (χ0n) is 13.0. The second-order valence-electron chi connectivity index (χ2n) is 5.10. The molecule has 0 bridgehead atoms. The molecule has 0 aliphatic carbocycles. The lowest BCUT2D eigenvalue weighted by Gasteiger charge is -2.16. The lowest BCUT2D eigenvalue weighted by molar-refractivity contribution is -0.114. The SMILES string of the molecule is CN(Cc1ccccc1)S(=O)(=O)NC(=O)/C=C\c1cccc(Cl)c1. The van der Waals surface area contributed by atoms with Gasteiger partial charge in [0.25, 0.3) is 5.91 Å². The Morgan fingerprint density at radius 3 is 2.54 bits per heavy atom. The fourth-order valence-corrected chi connectivity index (χ4v) is 2.94. The van der Waals surface area contributed by atoms with E-state index in [0.29, 0.717) is 10.6 Å². The summed E-state index contributed by atoms with van der Waals surface area (Å²) < 4.78 is 27.4. The van der Waals surface area contributed by atoms with Gasteiger partial charge in [0.1, 0.15) is 0 Å². The number of carbonyl (C=O) groups is 1. The number of amides is 1. The summed E-state index contributed by atoms with van der Waals surface area (Å²) in [7, 11) is -2.51. The fraction of sp³-hybridized carbons (Fsp3) is 0.118. The molecule has 0 saturated carbocycles. The molecule has 2 aromatic rings. The van der Waals surface area contributed by atoms with Gasteiger partial charge in [0.2, 0.25) is 0 Å². The number of nitrogens with one attached hydrogen (secondary N) is 1. The molecule has 5 nitrogen and oxygen atoms in total. The number of hydrogen-bond donors (Lipinski definition) is 1. The maximum Gasteiger partial charge on any atom is 0.304 e. The molecule has 0 spiro atoms. The number of halogens is 1. The third-order valence-corrected chi connectivity index (χ3v) is 4.81. The summed E-state index contributed by atoms with van der Waals surface area (Å²) in [5, 5.41) is 0.535. The summed E-state index contributed by atoms with van der Waals surface area (Å²) in [5.41, 5.74) is 1.53. The zero-order chi connectivity index (χ0) is 17.6. The van der Waals surface area contributed by atoms with Crippen LogP contribution in [0, 0.1) is 0 Å². The Morgan fingerprint density at radius 1 is 1.17 bits per heavy atom. The summed E-state index contributed by atoms with van der Waals surface area (Å²) in [6.07, 6.45) is 2.65. The average Bonchev–Trinajstić information content (AvgIpc) is 2.53. The van der Waals surface area contributed by atoms with Crippen LogP contribution in [-0.2, 0) is 21.5 Å². The quantitative estimate of drug-likeness (QED) is 0.801. The molecule has 126 valence electrons. The van der Waals surface area contributed by atoms with E-state index >= 15 is 0 Å². The van der Waals surface area contributed by atoms with Crippen LogP contribution >= 0.6 is 11.6 Å². The minimum absolute atomic E-state index is 0.168. The monoisotopic (exact) mass is 364 g/mol. The molecule has 2 rings (SSSR count). The summed E-state index contributed by atoms with van der Waals surface area (Å²) >= 11 is 5.85. The Bertz CT molecular complexity index is 836. The van der Waals surface area contributed by atoms with Crippen LogP contribution in [0.25, 0.3) is 6.08 Å². The fourth-order valence-electron chi connectivity index (χ4n) is 1.95. The summed E-state index contributed by atoms with van der Waals surface area (Å²) in [6.45, 7) is 0.168. The number of hydrogen-bond acceptors (Lipinski definition) is 3. The maximum absolute atomic E-state index is 12.1. The second-order valence-corrected chi connectivity index (χ2v) is 7.32. The van der Waals surface area contributed by atoms with Gasteiger partial charge in [0.15, 0.2) is 0 Å². The van der Waals surface area contributed by atoms with Crippen molar-refractivity contribution in [2.75, 3.05) is 7.05 Å². The lowest BCUT2D eigenvalue weighted by Crippen LogP contribution is -2.40. The van der Waals surface area contributed by atoms with Gasteiger partial charge in [-0.3, -0.25) is 4.79 Å². The van der Waals surface area contributed by atoms with Gasteiger partial charge < -0.3 is 0 Å². The van der Waals surface area contributed by atoms with E-state index in [0.717, 1.165) is 15.9 Å². The minimum atomic E-state index is -3.91. The molecule has 0 atom stereocenters. The van der Waals surface area contributed by atoms with Crippen molar-refractivity contribution in [2.45, 2.75) is 6.54 Å². The van der Waals surface area contributed by atoms with Crippen molar-refractivity contribution in [3.63, 3.8) is 0 Å².